The Kier molecular flexibility index (Phi) is 9.45. The predicted molar refractivity (Wildman–Crippen MR) is 106 cm³/mol. The second-order valence-corrected chi connectivity index (χ2v) is 8.72. The fourth-order valence-electron chi connectivity index (χ4n) is 2.83. The Morgan fingerprint density at radius 3 is 2.33 bits per heavy atom. The highest BCUT2D eigenvalue weighted by molar-refractivity contribution is 7.99. The zero-order chi connectivity index (χ0) is 20.8. The van der Waals surface area contributed by atoms with E-state index in [9.17, 15) is 18.0 Å². The molecule has 0 spiro atoms. The summed E-state index contributed by atoms with van der Waals surface area (Å²) < 4.78 is 40.6. The van der Waals surface area contributed by atoms with Gasteiger partial charge in [-0.2, -0.15) is 24.9 Å². The molecule has 1 aromatic carbocycles. The van der Waals surface area contributed by atoms with Crippen LogP contribution in [0.5, 0.6) is 0 Å². The van der Waals surface area contributed by atoms with Crippen molar-refractivity contribution >= 4 is 29.3 Å². The van der Waals surface area contributed by atoms with E-state index < -0.39 is 24.1 Å². The second-order valence-electron chi connectivity index (χ2n) is 6.81. The first-order valence-electron chi connectivity index (χ1n) is 8.82. The molecule has 0 radical (unpaired) electrons. The third kappa shape index (κ3) is 7.54. The summed E-state index contributed by atoms with van der Waals surface area (Å²) in [5.74, 6) is -1.89. The van der Waals surface area contributed by atoms with Crippen molar-refractivity contribution in [1.82, 2.24) is 0 Å². The summed E-state index contributed by atoms with van der Waals surface area (Å²) in [4.78, 5) is 10.6. The van der Waals surface area contributed by atoms with Gasteiger partial charge in [0.15, 0.2) is 0 Å². The number of aryl methyl sites for hydroxylation is 1. The van der Waals surface area contributed by atoms with Crippen molar-refractivity contribution in [2.24, 2.45) is 5.73 Å². The summed E-state index contributed by atoms with van der Waals surface area (Å²) >= 11 is 7.41. The molecule has 4 atom stereocenters. The lowest BCUT2D eigenvalue weighted by atomic mass is 9.88. The molecule has 3 nitrogen and oxygen atoms in total. The van der Waals surface area contributed by atoms with Crippen molar-refractivity contribution in [3.63, 3.8) is 0 Å². The monoisotopic (exact) mass is 425 g/mol. The molecule has 8 heteroatoms. The number of alkyl halides is 4. The molecule has 0 heterocycles. The summed E-state index contributed by atoms with van der Waals surface area (Å²) in [6.07, 6.45) is -4.16. The Labute approximate surface area is 167 Å². The van der Waals surface area contributed by atoms with Gasteiger partial charge in [0.2, 0.25) is 0 Å². The number of aliphatic carboxylic acids is 1. The van der Waals surface area contributed by atoms with Gasteiger partial charge in [-0.05, 0) is 60.8 Å². The molecular weight excluding hydrogens is 399 g/mol. The largest absolute Gasteiger partial charge is 0.480 e. The first kappa shape index (κ1) is 24.1. The van der Waals surface area contributed by atoms with E-state index in [1.165, 1.54) is 11.8 Å². The molecule has 154 valence electrons. The molecule has 0 aromatic heterocycles. The van der Waals surface area contributed by atoms with Crippen molar-refractivity contribution in [3.8, 4) is 0 Å². The highest BCUT2D eigenvalue weighted by Crippen LogP contribution is 2.39. The lowest BCUT2D eigenvalue weighted by molar-refractivity contribution is -0.150. The van der Waals surface area contributed by atoms with Gasteiger partial charge in [-0.15, -0.1) is 11.6 Å². The highest BCUT2D eigenvalue weighted by Gasteiger charge is 2.40. The molecule has 0 saturated carbocycles. The number of carboxylic acids is 1. The molecule has 3 N–H and O–H groups in total. The Hall–Kier alpha value is -0.920. The molecule has 1 aromatic rings. The number of hydrogen-bond acceptors (Lipinski definition) is 3. The minimum atomic E-state index is -4.34. The molecular formula is C19H27ClF3NO2S. The van der Waals surface area contributed by atoms with Gasteiger partial charge in [-0.25, -0.2) is 0 Å². The third-order valence-electron chi connectivity index (χ3n) is 4.71. The molecule has 1 rings (SSSR count). The average molecular weight is 426 g/mol. The molecule has 0 aliphatic heterocycles. The Morgan fingerprint density at radius 2 is 1.85 bits per heavy atom. The number of benzene rings is 1. The van der Waals surface area contributed by atoms with Crippen LogP contribution in [0.3, 0.4) is 0 Å². The predicted octanol–water partition coefficient (Wildman–Crippen LogP) is 5.30. The van der Waals surface area contributed by atoms with E-state index in [1.807, 2.05) is 20.8 Å². The number of thioether (sulfide) groups is 1. The van der Waals surface area contributed by atoms with Crippen molar-refractivity contribution in [2.45, 2.75) is 63.0 Å². The van der Waals surface area contributed by atoms with Crippen LogP contribution in [0.1, 0.15) is 55.2 Å². The summed E-state index contributed by atoms with van der Waals surface area (Å²) in [5.41, 5.74) is 7.41. The normalized spacial score (nSPS) is 16.6. The topological polar surface area (TPSA) is 63.3 Å². The van der Waals surface area contributed by atoms with Crippen LogP contribution in [-0.2, 0) is 4.79 Å². The maximum atomic E-state index is 13.5. The molecule has 0 aliphatic rings. The van der Waals surface area contributed by atoms with E-state index in [0.717, 1.165) is 11.1 Å². The van der Waals surface area contributed by atoms with Crippen LogP contribution in [-0.4, -0.2) is 40.2 Å². The zero-order valence-corrected chi connectivity index (χ0v) is 17.3. The highest BCUT2D eigenvalue weighted by atomic mass is 35.5. The number of carbonyl (C=O) groups is 1. The van der Waals surface area contributed by atoms with Crippen LogP contribution in [0, 0.1) is 6.92 Å². The zero-order valence-electron chi connectivity index (χ0n) is 15.7. The molecule has 27 heavy (non-hydrogen) atoms. The molecule has 0 saturated heterocycles. The standard InChI is InChI=1S/C19H27ClF3NO2S/c1-11-10-14(4-5-15(11)12(2)13(3)20)16(19(21,22)23)6-8-27-9-7-17(24)18(25)26/h4-5,10,12-13,16-17H,6-9,24H2,1-3H3,(H,25,26). The second kappa shape index (κ2) is 10.6. The van der Waals surface area contributed by atoms with Gasteiger partial charge >= 0.3 is 12.1 Å². The quantitative estimate of drug-likeness (QED) is 0.394. The van der Waals surface area contributed by atoms with E-state index in [4.69, 9.17) is 22.4 Å². The van der Waals surface area contributed by atoms with Gasteiger partial charge in [0.1, 0.15) is 6.04 Å². The summed E-state index contributed by atoms with van der Waals surface area (Å²) in [6.45, 7) is 5.63. The van der Waals surface area contributed by atoms with Gasteiger partial charge in [0.05, 0.1) is 5.92 Å². The van der Waals surface area contributed by atoms with Gasteiger partial charge in [-0.3, -0.25) is 4.79 Å². The number of carboxylic acid groups (broad SMARTS) is 1. The molecule has 0 amide bonds. The third-order valence-corrected chi connectivity index (χ3v) is 6.14. The van der Waals surface area contributed by atoms with Crippen molar-refractivity contribution < 1.29 is 23.1 Å². The summed E-state index contributed by atoms with van der Waals surface area (Å²) in [5, 5.41) is 8.60. The summed E-state index contributed by atoms with van der Waals surface area (Å²) in [7, 11) is 0. The van der Waals surface area contributed by atoms with E-state index in [2.05, 4.69) is 0 Å². The fourth-order valence-corrected chi connectivity index (χ4v) is 3.99. The Bertz CT molecular complexity index is 625. The van der Waals surface area contributed by atoms with E-state index in [0.29, 0.717) is 5.75 Å². The lowest BCUT2D eigenvalue weighted by Gasteiger charge is -2.23. The Balaban J connectivity index is 2.78. The SMILES string of the molecule is Cc1cc(C(CCSCCC(N)C(=O)O)C(F)(F)F)ccc1C(C)C(C)Cl. The fraction of sp³-hybridized carbons (Fsp3) is 0.632. The van der Waals surface area contributed by atoms with Crippen molar-refractivity contribution in [2.75, 3.05) is 11.5 Å². The number of nitrogens with two attached hydrogens (primary N) is 1. The van der Waals surface area contributed by atoms with Gasteiger partial charge in [-0.1, -0.05) is 25.1 Å². The van der Waals surface area contributed by atoms with Crippen molar-refractivity contribution in [1.29, 1.82) is 0 Å². The van der Waals surface area contributed by atoms with Crippen LogP contribution in [0.2, 0.25) is 0 Å². The van der Waals surface area contributed by atoms with Gasteiger partial charge in [0.25, 0.3) is 0 Å². The minimum Gasteiger partial charge on any atom is -0.480 e. The van der Waals surface area contributed by atoms with E-state index in [-0.39, 0.29) is 35.5 Å². The minimum absolute atomic E-state index is 0.0547. The van der Waals surface area contributed by atoms with E-state index >= 15 is 0 Å². The van der Waals surface area contributed by atoms with Gasteiger partial charge in [0, 0.05) is 5.38 Å². The number of hydrogen-bond donors (Lipinski definition) is 2. The van der Waals surface area contributed by atoms with E-state index in [1.54, 1.807) is 18.2 Å². The van der Waals surface area contributed by atoms with Crippen LogP contribution in [0.15, 0.2) is 18.2 Å². The lowest BCUT2D eigenvalue weighted by Crippen LogP contribution is -2.30. The smallest absolute Gasteiger partial charge is 0.395 e. The summed E-state index contributed by atoms with van der Waals surface area (Å²) in [6, 6.07) is 3.92. The molecule has 0 bridgehead atoms. The molecule has 4 unspecified atom stereocenters. The van der Waals surface area contributed by atoms with Crippen molar-refractivity contribution in [3.05, 3.63) is 34.9 Å². The van der Waals surface area contributed by atoms with Crippen LogP contribution < -0.4 is 5.73 Å². The van der Waals surface area contributed by atoms with Crippen LogP contribution >= 0.6 is 23.4 Å². The van der Waals surface area contributed by atoms with Crippen LogP contribution in [0.25, 0.3) is 0 Å². The maximum absolute atomic E-state index is 13.5. The average Bonchev–Trinajstić information content (AvgIpc) is 2.55. The first-order chi connectivity index (χ1) is 12.4. The maximum Gasteiger partial charge on any atom is 0.395 e. The number of rotatable bonds is 10. The first-order valence-corrected chi connectivity index (χ1v) is 10.4. The van der Waals surface area contributed by atoms with Crippen LogP contribution in [0.4, 0.5) is 13.2 Å². The molecule has 0 aliphatic carbocycles. The molecule has 0 fully saturated rings. The van der Waals surface area contributed by atoms with Gasteiger partial charge < -0.3 is 10.8 Å². The number of halogens is 4. The Morgan fingerprint density at radius 1 is 1.26 bits per heavy atom.